The first kappa shape index (κ1) is 48.3. The molecule has 1 radical (unpaired) electrons. The van der Waals surface area contributed by atoms with Crippen molar-refractivity contribution in [2.24, 2.45) is 0 Å². The van der Waals surface area contributed by atoms with Crippen LogP contribution in [0.1, 0.15) is 74.9 Å². The Balaban J connectivity index is 0.000000220. The van der Waals surface area contributed by atoms with E-state index in [0.29, 0.717) is 13.4 Å². The predicted octanol–water partition coefficient (Wildman–Crippen LogP) is 9.73. The summed E-state index contributed by atoms with van der Waals surface area (Å²) in [6, 6.07) is 29.2. The Hall–Kier alpha value is -4.36. The maximum atomic E-state index is 12.2. The van der Waals surface area contributed by atoms with E-state index >= 15 is 0 Å². The van der Waals surface area contributed by atoms with Crippen LogP contribution in [0.5, 0.6) is 5.75 Å². The molecule has 4 aromatic rings. The van der Waals surface area contributed by atoms with Gasteiger partial charge in [-0.15, -0.1) is 0 Å². The minimum absolute atomic E-state index is 0.202. The van der Waals surface area contributed by atoms with Crippen LogP contribution in [0.2, 0.25) is 0 Å². The summed E-state index contributed by atoms with van der Waals surface area (Å²) in [5, 5.41) is 8.26. The molecule has 6 rings (SSSR count). The molecule has 2 heterocycles. The lowest BCUT2D eigenvalue weighted by molar-refractivity contribution is 0.0129. The summed E-state index contributed by atoms with van der Waals surface area (Å²) in [4.78, 5) is 32.7. The Morgan fingerprint density at radius 2 is 1.05 bits per heavy atom. The van der Waals surface area contributed by atoms with Crippen molar-refractivity contribution in [1.82, 2.24) is 19.6 Å². The summed E-state index contributed by atoms with van der Waals surface area (Å²) in [5.74, 6) is 0.655. The van der Waals surface area contributed by atoms with Gasteiger partial charge >= 0.3 is 19.9 Å². The van der Waals surface area contributed by atoms with Crippen LogP contribution < -0.4 is 4.65 Å². The number of ether oxygens (including phenoxy) is 2. The largest absolute Gasteiger partial charge is 0.569 e. The second-order valence-electron chi connectivity index (χ2n) is 17.6. The first-order valence-electron chi connectivity index (χ1n) is 20.8. The summed E-state index contributed by atoms with van der Waals surface area (Å²) < 4.78 is 16.7. The summed E-state index contributed by atoms with van der Waals surface area (Å²) in [6.45, 7) is 28.1. The summed E-state index contributed by atoms with van der Waals surface area (Å²) >= 11 is 3.50. The highest BCUT2D eigenvalue weighted by molar-refractivity contribution is 9.10. The van der Waals surface area contributed by atoms with E-state index in [4.69, 9.17) is 19.2 Å². The molecule has 0 bridgehead atoms. The van der Waals surface area contributed by atoms with Crippen LogP contribution >= 0.6 is 15.9 Å². The normalized spacial score (nSPS) is 14.9. The smallest absolute Gasteiger partial charge is 0.537 e. The molecule has 60 heavy (non-hydrogen) atoms. The van der Waals surface area contributed by atoms with Crippen molar-refractivity contribution in [1.29, 1.82) is 0 Å². The van der Waals surface area contributed by atoms with Crippen molar-refractivity contribution in [3.63, 3.8) is 0 Å². The Morgan fingerprint density at radius 1 is 0.600 bits per heavy atom. The van der Waals surface area contributed by atoms with Crippen LogP contribution in [-0.2, 0) is 22.6 Å². The average Bonchev–Trinajstić information content (AvgIpc) is 3.17. The molecule has 0 atom stereocenters. The first-order chi connectivity index (χ1) is 28.3. The molecule has 323 valence electrons. The fourth-order valence-electron chi connectivity index (χ4n) is 6.78. The molecular formula is C48H65BBrN4O6. The highest BCUT2D eigenvalue weighted by Crippen LogP contribution is 2.25. The van der Waals surface area contributed by atoms with Crippen LogP contribution in [0.15, 0.2) is 89.4 Å². The van der Waals surface area contributed by atoms with Gasteiger partial charge in [0.05, 0.1) is 0 Å². The van der Waals surface area contributed by atoms with Crippen molar-refractivity contribution in [2.45, 2.75) is 93.5 Å². The Kier molecular flexibility index (Phi) is 18.1. The number of benzene rings is 4. The number of hydrogen-bond donors (Lipinski definition) is 1. The number of rotatable bonds is 7. The van der Waals surface area contributed by atoms with Crippen LogP contribution in [0.3, 0.4) is 0 Å². The van der Waals surface area contributed by atoms with E-state index in [9.17, 15) is 9.59 Å². The van der Waals surface area contributed by atoms with Gasteiger partial charge < -0.3 is 29.0 Å². The summed E-state index contributed by atoms with van der Waals surface area (Å²) in [7, 11) is 0.675. The van der Waals surface area contributed by atoms with Crippen molar-refractivity contribution in [3.8, 4) is 16.9 Å². The van der Waals surface area contributed by atoms with Gasteiger partial charge in [0.1, 0.15) is 17.0 Å². The number of carbonyl (C=O) groups excluding carboxylic acids is 2. The lowest BCUT2D eigenvalue weighted by Crippen LogP contribution is -2.49. The molecule has 2 aliphatic heterocycles. The highest BCUT2D eigenvalue weighted by Gasteiger charge is 2.27. The van der Waals surface area contributed by atoms with Crippen LogP contribution in [0.4, 0.5) is 9.59 Å². The Labute approximate surface area is 368 Å². The predicted molar refractivity (Wildman–Crippen MR) is 246 cm³/mol. The molecule has 2 aliphatic rings. The van der Waals surface area contributed by atoms with Gasteiger partial charge in [-0.3, -0.25) is 9.80 Å². The lowest BCUT2D eigenvalue weighted by Gasteiger charge is -2.35. The van der Waals surface area contributed by atoms with E-state index < -0.39 is 11.2 Å². The number of amides is 2. The quantitative estimate of drug-likeness (QED) is 0.184. The third kappa shape index (κ3) is 16.6. The maximum Gasteiger partial charge on any atom is 0.569 e. The second kappa shape index (κ2) is 22.5. The van der Waals surface area contributed by atoms with Gasteiger partial charge in [-0.25, -0.2) is 9.59 Å². The fraction of sp³-hybridized carbons (Fsp3) is 0.458. The van der Waals surface area contributed by atoms with Gasteiger partial charge in [0, 0.05) is 69.9 Å². The SMILES string of the molecule is Cc1cc(Br)ccc1CN1CCN(C(=O)OC(C)(C)C)CC1.Cc1cccc(-c2ccc(CN3CCN(C(=O)OC(C)(C)C)CC3)c(C)c2)c1.Cc1cccc(O[B]O)c1. The average molecular weight is 885 g/mol. The minimum Gasteiger partial charge on any atom is -0.537 e. The standard InChI is InChI=1S/C24H32N2O2.C17H25BrN2O2.C7H8BO2/c1-18-7-6-8-20(15-18)21-9-10-22(19(2)16-21)17-25-11-13-26(14-12-25)23(27)28-24(3,4)5;1-13-11-15(18)6-5-14(13)12-19-7-9-20(10-8-19)16(21)22-17(2,3)4;1-6-3-2-4-7(5-6)10-8-9/h6-10,15-16H,11-14,17H2,1-5H3;5-6,11H,7-10,12H2,1-4H3;2-5,9H,1H3. The van der Waals surface area contributed by atoms with E-state index in [2.05, 4.69) is 107 Å². The van der Waals surface area contributed by atoms with Gasteiger partial charge in [0.25, 0.3) is 0 Å². The molecular weight excluding hydrogens is 819 g/mol. The monoisotopic (exact) mass is 883 g/mol. The van der Waals surface area contributed by atoms with Crippen LogP contribution in [0.25, 0.3) is 11.1 Å². The number of piperazine rings is 2. The first-order valence-corrected chi connectivity index (χ1v) is 21.6. The van der Waals surface area contributed by atoms with Crippen LogP contribution in [0, 0.1) is 27.7 Å². The Morgan fingerprint density at radius 3 is 1.48 bits per heavy atom. The van der Waals surface area contributed by atoms with Gasteiger partial charge in [-0.2, -0.15) is 0 Å². The molecule has 4 aromatic carbocycles. The number of nitrogens with zero attached hydrogens (tertiary/aromatic N) is 4. The molecule has 0 aromatic heterocycles. The summed E-state index contributed by atoms with van der Waals surface area (Å²) in [5.41, 5.74) is 9.35. The van der Waals surface area contributed by atoms with E-state index in [-0.39, 0.29) is 12.2 Å². The third-order valence-corrected chi connectivity index (χ3v) is 10.5. The van der Waals surface area contributed by atoms with Crippen molar-refractivity contribution in [2.75, 3.05) is 52.4 Å². The third-order valence-electron chi connectivity index (χ3n) is 10.0. The number of halogens is 1. The van der Waals surface area contributed by atoms with E-state index in [1.165, 1.54) is 38.9 Å². The second-order valence-corrected chi connectivity index (χ2v) is 18.5. The zero-order valence-electron chi connectivity index (χ0n) is 37.4. The number of carbonyl (C=O) groups is 2. The molecule has 12 heteroatoms. The zero-order valence-corrected chi connectivity index (χ0v) is 39.0. The molecule has 2 fully saturated rings. The fourth-order valence-corrected chi connectivity index (χ4v) is 7.25. The Bertz CT molecular complexity index is 2000. The van der Waals surface area contributed by atoms with Crippen LogP contribution in [-0.4, -0.2) is 108 Å². The van der Waals surface area contributed by atoms with Crippen molar-refractivity contribution >= 4 is 35.8 Å². The summed E-state index contributed by atoms with van der Waals surface area (Å²) in [6.07, 6.45) is -0.405. The van der Waals surface area contributed by atoms with Crippen molar-refractivity contribution in [3.05, 3.63) is 123 Å². The van der Waals surface area contributed by atoms with Gasteiger partial charge in [-0.05, 0) is 132 Å². The van der Waals surface area contributed by atoms with E-state index in [0.717, 1.165) is 75.5 Å². The number of aryl methyl sites for hydroxylation is 4. The maximum absolute atomic E-state index is 12.2. The van der Waals surface area contributed by atoms with Gasteiger partial charge in [0.2, 0.25) is 0 Å². The molecule has 2 amide bonds. The van der Waals surface area contributed by atoms with Gasteiger partial charge in [0.15, 0.2) is 0 Å². The molecule has 1 N–H and O–H groups in total. The van der Waals surface area contributed by atoms with E-state index in [1.807, 2.05) is 71.6 Å². The zero-order chi connectivity index (χ0) is 44.0. The molecule has 2 saturated heterocycles. The van der Waals surface area contributed by atoms with E-state index in [1.54, 1.807) is 11.0 Å². The minimum atomic E-state index is -0.440. The molecule has 0 aliphatic carbocycles. The molecule has 0 unspecified atom stereocenters. The van der Waals surface area contributed by atoms with Crippen molar-refractivity contribution < 1.29 is 28.7 Å². The molecule has 0 saturated carbocycles. The lowest BCUT2D eigenvalue weighted by atomic mass is 9.98. The van der Waals surface area contributed by atoms with Gasteiger partial charge in [-0.1, -0.05) is 82.2 Å². The molecule has 10 nitrogen and oxygen atoms in total. The molecule has 0 spiro atoms. The topological polar surface area (TPSA) is 95.0 Å². The highest BCUT2D eigenvalue weighted by atomic mass is 79.9. The number of hydrogen-bond acceptors (Lipinski definition) is 8.